The lowest BCUT2D eigenvalue weighted by Crippen LogP contribution is -2.52. The Morgan fingerprint density at radius 1 is 1.15 bits per heavy atom. The van der Waals surface area contributed by atoms with Crippen LogP contribution in [-0.2, 0) is 4.79 Å². The largest absolute Gasteiger partial charge is 0.409 e. The molecule has 0 atom stereocenters. The summed E-state index contributed by atoms with van der Waals surface area (Å²) in [6, 6.07) is 0.146. The smallest absolute Gasteiger partial charge is 0.234 e. The average Bonchev–Trinajstić information content (AvgIpc) is 2.80. The third-order valence-electron chi connectivity index (χ3n) is 6.04. The molecule has 2 rings (SSSR count). The van der Waals surface area contributed by atoms with Crippen LogP contribution in [0.3, 0.4) is 0 Å². The van der Waals surface area contributed by atoms with Gasteiger partial charge in [-0.3, -0.25) is 4.79 Å². The fourth-order valence-corrected chi connectivity index (χ4v) is 3.68. The number of nitrogens with two attached hydrogens (primary N) is 1. The van der Waals surface area contributed by atoms with E-state index in [0.717, 1.165) is 19.3 Å². The number of carbonyl (C=O) groups is 1. The van der Waals surface area contributed by atoms with E-state index in [-0.39, 0.29) is 28.6 Å². The van der Waals surface area contributed by atoms with E-state index >= 15 is 0 Å². The number of amidine groups is 1. The quantitative estimate of drug-likeness (QED) is 0.321. The zero-order valence-electron chi connectivity index (χ0n) is 13.0. The summed E-state index contributed by atoms with van der Waals surface area (Å²) in [6.07, 6.45) is 4.33. The van der Waals surface area contributed by atoms with Crippen LogP contribution in [0.4, 0.5) is 0 Å². The van der Waals surface area contributed by atoms with Crippen molar-refractivity contribution >= 4 is 11.7 Å². The van der Waals surface area contributed by atoms with Gasteiger partial charge in [0.1, 0.15) is 5.41 Å². The molecule has 0 bridgehead atoms. The molecule has 1 amide bonds. The van der Waals surface area contributed by atoms with Crippen LogP contribution >= 0.6 is 0 Å². The second kappa shape index (κ2) is 4.64. The summed E-state index contributed by atoms with van der Waals surface area (Å²) < 4.78 is 0. The Balaban J connectivity index is 2.17. The van der Waals surface area contributed by atoms with E-state index in [1.807, 2.05) is 0 Å². The van der Waals surface area contributed by atoms with Gasteiger partial charge in [0, 0.05) is 6.04 Å². The SMILES string of the molecule is CC1(C)C(NC(=O)C2(C(N)=NO)CCCCC2)C1(C)C. The number of rotatable bonds is 3. The first kappa shape index (κ1) is 15.1. The van der Waals surface area contributed by atoms with Crippen molar-refractivity contribution in [1.82, 2.24) is 5.32 Å². The van der Waals surface area contributed by atoms with Crippen molar-refractivity contribution in [1.29, 1.82) is 0 Å². The highest BCUT2D eigenvalue weighted by molar-refractivity contribution is 6.07. The molecule has 0 saturated heterocycles. The third kappa shape index (κ3) is 1.98. The maximum atomic E-state index is 12.8. The van der Waals surface area contributed by atoms with Crippen LogP contribution in [0.15, 0.2) is 5.16 Å². The highest BCUT2D eigenvalue weighted by atomic mass is 16.4. The lowest BCUT2D eigenvalue weighted by atomic mass is 9.72. The molecule has 2 aliphatic rings. The summed E-state index contributed by atoms with van der Waals surface area (Å²) in [5.41, 5.74) is 5.21. The zero-order chi connectivity index (χ0) is 15.2. The van der Waals surface area contributed by atoms with E-state index in [2.05, 4.69) is 38.2 Å². The van der Waals surface area contributed by atoms with E-state index in [0.29, 0.717) is 12.8 Å². The first-order valence-electron chi connectivity index (χ1n) is 7.49. The fourth-order valence-electron chi connectivity index (χ4n) is 3.68. The second-order valence-corrected chi connectivity index (χ2v) is 7.48. The van der Waals surface area contributed by atoms with Crippen LogP contribution in [0, 0.1) is 16.2 Å². The second-order valence-electron chi connectivity index (χ2n) is 7.48. The van der Waals surface area contributed by atoms with Crippen molar-refractivity contribution in [2.75, 3.05) is 0 Å². The Morgan fingerprint density at radius 2 is 1.65 bits per heavy atom. The van der Waals surface area contributed by atoms with E-state index in [1.165, 1.54) is 0 Å². The molecule has 5 nitrogen and oxygen atoms in total. The summed E-state index contributed by atoms with van der Waals surface area (Å²) in [5, 5.41) is 15.3. The lowest BCUT2D eigenvalue weighted by molar-refractivity contribution is -0.129. The van der Waals surface area contributed by atoms with E-state index in [1.54, 1.807) is 0 Å². The van der Waals surface area contributed by atoms with Crippen LogP contribution in [0.2, 0.25) is 0 Å². The maximum Gasteiger partial charge on any atom is 0.234 e. The predicted octanol–water partition coefficient (Wildman–Crippen LogP) is 2.23. The minimum Gasteiger partial charge on any atom is -0.409 e. The summed E-state index contributed by atoms with van der Waals surface area (Å²) in [5.74, 6) is -0.0119. The van der Waals surface area contributed by atoms with E-state index < -0.39 is 5.41 Å². The van der Waals surface area contributed by atoms with Gasteiger partial charge < -0.3 is 16.3 Å². The molecule has 2 saturated carbocycles. The normalized spacial score (nSPS) is 27.9. The molecule has 114 valence electrons. The highest BCUT2D eigenvalue weighted by Gasteiger charge is 2.66. The van der Waals surface area contributed by atoms with Gasteiger partial charge in [-0.25, -0.2) is 0 Å². The zero-order valence-corrected chi connectivity index (χ0v) is 13.0. The topological polar surface area (TPSA) is 87.7 Å². The Morgan fingerprint density at radius 3 is 2.05 bits per heavy atom. The molecule has 5 heteroatoms. The molecule has 0 radical (unpaired) electrons. The van der Waals surface area contributed by atoms with Gasteiger partial charge in [0.15, 0.2) is 5.84 Å². The molecule has 0 aromatic carbocycles. The Hall–Kier alpha value is -1.26. The monoisotopic (exact) mass is 281 g/mol. The Labute approximate surface area is 121 Å². The van der Waals surface area contributed by atoms with Gasteiger partial charge in [-0.1, -0.05) is 52.1 Å². The van der Waals surface area contributed by atoms with E-state index in [9.17, 15) is 4.79 Å². The maximum absolute atomic E-state index is 12.8. The molecule has 0 spiro atoms. The molecule has 2 aliphatic carbocycles. The van der Waals surface area contributed by atoms with Crippen molar-refractivity contribution in [2.24, 2.45) is 27.1 Å². The molecule has 0 aliphatic heterocycles. The first-order valence-corrected chi connectivity index (χ1v) is 7.49. The van der Waals surface area contributed by atoms with Crippen molar-refractivity contribution in [3.8, 4) is 0 Å². The minimum atomic E-state index is -0.818. The molecule has 2 fully saturated rings. The number of nitrogens with zero attached hydrogens (tertiary/aromatic N) is 1. The number of hydrogen-bond donors (Lipinski definition) is 3. The molecule has 20 heavy (non-hydrogen) atoms. The molecular weight excluding hydrogens is 254 g/mol. The standard InChI is InChI=1S/C15H27N3O2/c1-13(2)10(14(13,3)4)17-12(19)15(11(16)18-20)8-6-5-7-9-15/h10,20H,5-9H2,1-4H3,(H2,16,18)(H,17,19). The van der Waals surface area contributed by atoms with Gasteiger partial charge in [-0.15, -0.1) is 0 Å². The van der Waals surface area contributed by atoms with Gasteiger partial charge in [0.05, 0.1) is 0 Å². The molecule has 4 N–H and O–H groups in total. The van der Waals surface area contributed by atoms with Crippen molar-refractivity contribution in [3.63, 3.8) is 0 Å². The van der Waals surface area contributed by atoms with Gasteiger partial charge >= 0.3 is 0 Å². The molecule has 0 heterocycles. The van der Waals surface area contributed by atoms with Gasteiger partial charge in [-0.05, 0) is 23.7 Å². The summed E-state index contributed by atoms with van der Waals surface area (Å²) in [4.78, 5) is 12.8. The van der Waals surface area contributed by atoms with Gasteiger partial charge in [0.25, 0.3) is 0 Å². The van der Waals surface area contributed by atoms with Gasteiger partial charge in [0.2, 0.25) is 5.91 Å². The predicted molar refractivity (Wildman–Crippen MR) is 78.4 cm³/mol. The fraction of sp³-hybridized carbons (Fsp3) is 0.867. The third-order valence-corrected chi connectivity index (χ3v) is 6.04. The number of oxime groups is 1. The van der Waals surface area contributed by atoms with Crippen molar-refractivity contribution in [3.05, 3.63) is 0 Å². The first-order chi connectivity index (χ1) is 9.20. The molecule has 0 aromatic heterocycles. The minimum absolute atomic E-state index is 0.0611. The Kier molecular flexibility index (Phi) is 3.51. The van der Waals surface area contributed by atoms with Crippen LogP contribution in [0.25, 0.3) is 0 Å². The number of carbonyl (C=O) groups excluding carboxylic acids is 1. The number of amides is 1. The molecule has 0 aromatic rings. The van der Waals surface area contributed by atoms with Crippen LogP contribution in [-0.4, -0.2) is 23.0 Å². The Bertz CT molecular complexity index is 420. The van der Waals surface area contributed by atoms with Crippen molar-refractivity contribution in [2.45, 2.75) is 65.8 Å². The van der Waals surface area contributed by atoms with Crippen LogP contribution in [0.1, 0.15) is 59.8 Å². The molecule has 0 unspecified atom stereocenters. The van der Waals surface area contributed by atoms with Gasteiger partial charge in [-0.2, -0.15) is 0 Å². The molecular formula is C15H27N3O2. The summed E-state index contributed by atoms with van der Waals surface area (Å²) >= 11 is 0. The van der Waals surface area contributed by atoms with Crippen LogP contribution in [0.5, 0.6) is 0 Å². The van der Waals surface area contributed by atoms with E-state index in [4.69, 9.17) is 10.9 Å². The summed E-state index contributed by atoms with van der Waals surface area (Å²) in [7, 11) is 0. The number of nitrogens with one attached hydrogen (secondary N) is 1. The van der Waals surface area contributed by atoms with Crippen LogP contribution < -0.4 is 11.1 Å². The highest BCUT2D eigenvalue weighted by Crippen LogP contribution is 2.62. The lowest BCUT2D eigenvalue weighted by Gasteiger charge is -2.34. The summed E-state index contributed by atoms with van der Waals surface area (Å²) in [6.45, 7) is 8.65. The van der Waals surface area contributed by atoms with Crippen molar-refractivity contribution < 1.29 is 10.0 Å². The average molecular weight is 281 g/mol. The number of hydrogen-bond acceptors (Lipinski definition) is 3.